The number of unbranched alkanes of at least 4 members (excludes halogenated alkanes) is 2. The topological polar surface area (TPSA) is 20.2 Å². The molecule has 1 unspecified atom stereocenters. The van der Waals surface area contributed by atoms with E-state index in [1.165, 1.54) is 12.8 Å². The van der Waals surface area contributed by atoms with Crippen molar-refractivity contribution in [3.05, 3.63) is 12.2 Å². The van der Waals surface area contributed by atoms with E-state index in [4.69, 9.17) is 6.42 Å². The molecule has 0 heterocycles. The average Bonchev–Trinajstić information content (AvgIpc) is 2.01. The summed E-state index contributed by atoms with van der Waals surface area (Å²) >= 11 is 0. The van der Waals surface area contributed by atoms with Crippen LogP contribution >= 0.6 is 0 Å². The minimum atomic E-state index is -0.349. The first-order chi connectivity index (χ1) is 5.31. The second-order valence-corrected chi connectivity index (χ2v) is 2.59. The third-order valence-electron chi connectivity index (χ3n) is 1.52. The molecule has 0 bridgehead atoms. The molecule has 0 rings (SSSR count). The van der Waals surface area contributed by atoms with Gasteiger partial charge in [0, 0.05) is 0 Å². The normalized spacial score (nSPS) is 13.2. The van der Waals surface area contributed by atoms with E-state index in [1.807, 2.05) is 0 Å². The van der Waals surface area contributed by atoms with Crippen LogP contribution in [0.2, 0.25) is 0 Å². The molecule has 0 aliphatic heterocycles. The zero-order valence-electron chi connectivity index (χ0n) is 7.09. The average molecular weight is 152 g/mol. The van der Waals surface area contributed by atoms with Gasteiger partial charge in [-0.1, -0.05) is 32.1 Å². The lowest BCUT2D eigenvalue weighted by Crippen LogP contribution is -2.00. The van der Waals surface area contributed by atoms with E-state index in [2.05, 4.69) is 12.8 Å². The molecule has 0 aliphatic carbocycles. The quantitative estimate of drug-likeness (QED) is 0.472. The zero-order valence-corrected chi connectivity index (χ0v) is 7.09. The van der Waals surface area contributed by atoms with Crippen LogP contribution in [0.3, 0.4) is 0 Å². The van der Waals surface area contributed by atoms with E-state index in [9.17, 15) is 5.11 Å². The van der Waals surface area contributed by atoms with Crippen LogP contribution in [0.4, 0.5) is 0 Å². The van der Waals surface area contributed by atoms with Gasteiger partial charge in [0.25, 0.3) is 0 Å². The van der Waals surface area contributed by atoms with Crippen LogP contribution in [0.25, 0.3) is 0 Å². The Morgan fingerprint density at radius 3 is 2.82 bits per heavy atom. The summed E-state index contributed by atoms with van der Waals surface area (Å²) in [6, 6.07) is 0. The van der Waals surface area contributed by atoms with Crippen molar-refractivity contribution in [1.29, 1.82) is 0 Å². The summed E-state index contributed by atoms with van der Waals surface area (Å²) < 4.78 is 0. The van der Waals surface area contributed by atoms with Crippen LogP contribution in [0.5, 0.6) is 0 Å². The fraction of sp³-hybridized carbons (Fsp3) is 0.600. The summed E-state index contributed by atoms with van der Waals surface area (Å²) in [5, 5.41) is 9.22. The predicted octanol–water partition coefficient (Wildman–Crippen LogP) is 2.12. The van der Waals surface area contributed by atoms with Crippen molar-refractivity contribution in [2.75, 3.05) is 0 Å². The van der Waals surface area contributed by atoms with Crippen LogP contribution < -0.4 is 0 Å². The molecular weight excluding hydrogens is 136 g/mol. The van der Waals surface area contributed by atoms with Crippen LogP contribution in [-0.4, -0.2) is 11.2 Å². The maximum atomic E-state index is 9.22. The predicted molar refractivity (Wildman–Crippen MR) is 48.1 cm³/mol. The molecule has 1 heteroatoms. The highest BCUT2D eigenvalue weighted by Crippen LogP contribution is 2.03. The molecule has 0 aromatic heterocycles. The van der Waals surface area contributed by atoms with Crippen molar-refractivity contribution in [2.24, 2.45) is 0 Å². The molecule has 11 heavy (non-hydrogen) atoms. The highest BCUT2D eigenvalue weighted by Gasteiger charge is 1.96. The van der Waals surface area contributed by atoms with E-state index in [1.54, 1.807) is 12.2 Å². The van der Waals surface area contributed by atoms with E-state index in [0.717, 1.165) is 12.8 Å². The molecule has 0 aromatic rings. The number of rotatable bonds is 5. The molecule has 0 fully saturated rings. The van der Waals surface area contributed by atoms with E-state index < -0.39 is 0 Å². The first-order valence-corrected chi connectivity index (χ1v) is 4.12. The fourth-order valence-electron chi connectivity index (χ4n) is 0.866. The molecule has 0 saturated carbocycles. The lowest BCUT2D eigenvalue weighted by molar-refractivity contribution is 0.208. The molecule has 0 spiro atoms. The molecular formula is C10H16O. The van der Waals surface area contributed by atoms with Gasteiger partial charge in [0.1, 0.15) is 0 Å². The first kappa shape index (κ1) is 10.3. The fourth-order valence-corrected chi connectivity index (χ4v) is 0.866. The highest BCUT2D eigenvalue weighted by atomic mass is 16.3. The molecule has 1 N–H and O–H groups in total. The molecule has 0 radical (unpaired) electrons. The lowest BCUT2D eigenvalue weighted by atomic mass is 10.1. The number of allylic oxidation sites excluding steroid dienone is 1. The Morgan fingerprint density at radius 1 is 1.55 bits per heavy atom. The van der Waals surface area contributed by atoms with Gasteiger partial charge in [-0.25, -0.2) is 0 Å². The number of aliphatic hydroxyl groups is 1. The Morgan fingerprint density at radius 2 is 2.27 bits per heavy atom. The third kappa shape index (κ3) is 7.15. The second-order valence-electron chi connectivity index (χ2n) is 2.59. The van der Waals surface area contributed by atoms with Gasteiger partial charge in [0.15, 0.2) is 0 Å². The Kier molecular flexibility index (Phi) is 6.87. The highest BCUT2D eigenvalue weighted by molar-refractivity contribution is 5.10. The SMILES string of the molecule is C#C/C=C\C(O)CCCCC. The van der Waals surface area contributed by atoms with Gasteiger partial charge in [-0.3, -0.25) is 0 Å². The molecule has 0 aliphatic rings. The van der Waals surface area contributed by atoms with Crippen molar-refractivity contribution in [3.63, 3.8) is 0 Å². The summed E-state index contributed by atoms with van der Waals surface area (Å²) in [4.78, 5) is 0. The van der Waals surface area contributed by atoms with E-state index >= 15 is 0 Å². The van der Waals surface area contributed by atoms with Gasteiger partial charge in [0.05, 0.1) is 6.10 Å². The monoisotopic (exact) mass is 152 g/mol. The summed E-state index contributed by atoms with van der Waals surface area (Å²) in [5.74, 6) is 2.35. The van der Waals surface area contributed by atoms with Crippen molar-refractivity contribution in [2.45, 2.75) is 38.7 Å². The van der Waals surface area contributed by atoms with Crippen LogP contribution in [0.1, 0.15) is 32.6 Å². The van der Waals surface area contributed by atoms with Gasteiger partial charge in [-0.15, -0.1) is 6.42 Å². The molecule has 1 nitrogen and oxygen atoms in total. The van der Waals surface area contributed by atoms with E-state index in [0.29, 0.717) is 0 Å². The Labute approximate surface area is 69.1 Å². The molecule has 1 atom stereocenters. The van der Waals surface area contributed by atoms with Crippen molar-refractivity contribution >= 4 is 0 Å². The lowest BCUT2D eigenvalue weighted by Gasteiger charge is -2.02. The maximum absolute atomic E-state index is 9.22. The third-order valence-corrected chi connectivity index (χ3v) is 1.52. The number of hydrogen-bond donors (Lipinski definition) is 1. The number of aliphatic hydroxyl groups excluding tert-OH is 1. The van der Waals surface area contributed by atoms with Crippen LogP contribution in [-0.2, 0) is 0 Å². The Hall–Kier alpha value is -0.740. The second kappa shape index (κ2) is 7.37. The zero-order chi connectivity index (χ0) is 8.53. The first-order valence-electron chi connectivity index (χ1n) is 4.12. The summed E-state index contributed by atoms with van der Waals surface area (Å²) in [6.07, 6.45) is 12.1. The molecule has 0 aromatic carbocycles. The summed E-state index contributed by atoms with van der Waals surface area (Å²) in [7, 11) is 0. The largest absolute Gasteiger partial charge is 0.389 e. The molecule has 0 amide bonds. The van der Waals surface area contributed by atoms with Crippen molar-refractivity contribution in [3.8, 4) is 12.3 Å². The van der Waals surface area contributed by atoms with Crippen molar-refractivity contribution in [1.82, 2.24) is 0 Å². The number of terminal acetylenes is 1. The maximum Gasteiger partial charge on any atom is 0.0730 e. The molecule has 0 saturated heterocycles. The van der Waals surface area contributed by atoms with Gasteiger partial charge >= 0.3 is 0 Å². The standard InChI is InChI=1S/C10H16O/c1-3-5-7-9-10(11)8-6-4-2/h2,6,8,10-11H,3,5,7,9H2,1H3/b8-6-. The van der Waals surface area contributed by atoms with Gasteiger partial charge in [-0.05, 0) is 18.6 Å². The van der Waals surface area contributed by atoms with Crippen LogP contribution in [0, 0.1) is 12.3 Å². The van der Waals surface area contributed by atoms with E-state index in [-0.39, 0.29) is 6.10 Å². The smallest absolute Gasteiger partial charge is 0.0730 e. The van der Waals surface area contributed by atoms with Gasteiger partial charge in [0.2, 0.25) is 0 Å². The van der Waals surface area contributed by atoms with Crippen LogP contribution in [0.15, 0.2) is 12.2 Å². The minimum Gasteiger partial charge on any atom is -0.389 e. The Bertz CT molecular complexity index is 141. The van der Waals surface area contributed by atoms with Crippen molar-refractivity contribution < 1.29 is 5.11 Å². The summed E-state index contributed by atoms with van der Waals surface area (Å²) in [5.41, 5.74) is 0. The van der Waals surface area contributed by atoms with Gasteiger partial charge < -0.3 is 5.11 Å². The van der Waals surface area contributed by atoms with Gasteiger partial charge in [-0.2, -0.15) is 0 Å². The number of hydrogen-bond acceptors (Lipinski definition) is 1. The molecule has 62 valence electrons. The minimum absolute atomic E-state index is 0.349. The Balaban J connectivity index is 3.31. The summed E-state index contributed by atoms with van der Waals surface area (Å²) in [6.45, 7) is 2.14.